The van der Waals surface area contributed by atoms with Crippen molar-refractivity contribution >= 4 is 12.4 Å². The number of benzene rings is 1. The summed E-state index contributed by atoms with van der Waals surface area (Å²) >= 11 is 0. The van der Waals surface area contributed by atoms with Crippen LogP contribution in [0, 0.1) is 5.82 Å². The smallest absolute Gasteiger partial charge is 0.315 e. The van der Waals surface area contributed by atoms with Gasteiger partial charge in [0.25, 0.3) is 0 Å². The fourth-order valence-corrected chi connectivity index (χ4v) is 2.36. The van der Waals surface area contributed by atoms with Crippen molar-refractivity contribution in [1.82, 2.24) is 10.2 Å². The van der Waals surface area contributed by atoms with Crippen molar-refractivity contribution in [1.29, 1.82) is 0 Å². The number of nitrogens with zero attached hydrogens (tertiary/aromatic N) is 1. The molecule has 2 rings (SSSR count). The molecule has 114 valence electrons. The minimum absolute atomic E-state index is 0. The molecule has 0 aromatic heterocycles. The second kappa shape index (κ2) is 6.74. The van der Waals surface area contributed by atoms with Crippen molar-refractivity contribution in [3.05, 3.63) is 35.1 Å². The van der Waals surface area contributed by atoms with Gasteiger partial charge in [0.2, 0.25) is 0 Å². The highest BCUT2D eigenvalue weighted by atomic mass is 35.5. The molecular weight excluding hydrogens is 296 g/mol. The second-order valence-electron chi connectivity index (χ2n) is 4.86. The third-order valence-electron chi connectivity index (χ3n) is 3.45. The zero-order valence-corrected chi connectivity index (χ0v) is 11.8. The lowest BCUT2D eigenvalue weighted by Gasteiger charge is -2.25. The molecule has 0 amide bonds. The first-order valence-electron chi connectivity index (χ1n) is 6.14. The normalized spacial score (nSPS) is 19.2. The molecule has 0 saturated carbocycles. The third-order valence-corrected chi connectivity index (χ3v) is 3.45. The third kappa shape index (κ3) is 4.07. The zero-order chi connectivity index (χ0) is 14.0. The topological polar surface area (TPSA) is 15.3 Å². The van der Waals surface area contributed by atoms with Gasteiger partial charge in [-0.1, -0.05) is 6.07 Å². The van der Waals surface area contributed by atoms with E-state index in [1.165, 1.54) is 6.07 Å². The summed E-state index contributed by atoms with van der Waals surface area (Å²) < 4.78 is 51.6. The summed E-state index contributed by atoms with van der Waals surface area (Å²) in [6.45, 7) is 1.82. The number of rotatable bonds is 3. The molecule has 1 aromatic carbocycles. The molecule has 1 saturated heterocycles. The van der Waals surface area contributed by atoms with Gasteiger partial charge in [0.05, 0.1) is 5.56 Å². The van der Waals surface area contributed by atoms with Crippen molar-refractivity contribution in [3.8, 4) is 0 Å². The fraction of sp³-hybridized carbons (Fsp3) is 0.538. The fourth-order valence-electron chi connectivity index (χ4n) is 2.36. The monoisotopic (exact) mass is 312 g/mol. The quantitative estimate of drug-likeness (QED) is 0.863. The summed E-state index contributed by atoms with van der Waals surface area (Å²) in [6.07, 6.45) is -3.61. The average Bonchev–Trinajstić information content (AvgIpc) is 2.83. The maximum Gasteiger partial charge on any atom is 0.416 e. The summed E-state index contributed by atoms with van der Waals surface area (Å²) in [5.74, 6) is -0.860. The van der Waals surface area contributed by atoms with Gasteiger partial charge in [-0.05, 0) is 37.7 Å². The predicted molar refractivity (Wildman–Crippen MR) is 71.4 cm³/mol. The van der Waals surface area contributed by atoms with Crippen LogP contribution in [0.5, 0.6) is 0 Å². The van der Waals surface area contributed by atoms with Crippen LogP contribution in [-0.4, -0.2) is 31.1 Å². The number of halogens is 5. The van der Waals surface area contributed by atoms with E-state index in [4.69, 9.17) is 0 Å². The summed E-state index contributed by atoms with van der Waals surface area (Å²) in [7, 11) is 1.79. The molecule has 1 aliphatic rings. The molecule has 1 aliphatic heterocycles. The molecule has 1 unspecified atom stereocenters. The van der Waals surface area contributed by atoms with Crippen molar-refractivity contribution < 1.29 is 17.6 Å². The molecule has 0 bridgehead atoms. The van der Waals surface area contributed by atoms with E-state index in [1.807, 2.05) is 4.90 Å². The molecule has 1 heterocycles. The average molecular weight is 313 g/mol. The molecule has 1 atom stereocenters. The van der Waals surface area contributed by atoms with Crippen molar-refractivity contribution in [2.75, 3.05) is 20.1 Å². The van der Waals surface area contributed by atoms with E-state index in [9.17, 15) is 17.6 Å². The molecule has 7 heteroatoms. The van der Waals surface area contributed by atoms with E-state index in [-0.39, 0.29) is 30.6 Å². The second-order valence-corrected chi connectivity index (χ2v) is 4.86. The Kier molecular flexibility index (Phi) is 5.79. The molecule has 2 nitrogen and oxygen atoms in total. The lowest BCUT2D eigenvalue weighted by Crippen LogP contribution is -2.33. The minimum Gasteiger partial charge on any atom is -0.315 e. The summed E-state index contributed by atoms with van der Waals surface area (Å²) in [5.41, 5.74) is -0.770. The molecule has 0 spiro atoms. The SMILES string of the molecule is CN(Cc1ccc(F)cc1C(F)(F)F)C1CCNC1.Cl. The Morgan fingerprint density at radius 1 is 1.35 bits per heavy atom. The van der Waals surface area contributed by atoms with Crippen molar-refractivity contribution in [2.45, 2.75) is 25.2 Å². The molecule has 1 N–H and O–H groups in total. The number of likely N-dealkylation sites (N-methyl/N-ethyl adjacent to an activating group) is 1. The highest BCUT2D eigenvalue weighted by Gasteiger charge is 2.34. The van der Waals surface area contributed by atoms with Gasteiger partial charge in [-0.3, -0.25) is 4.90 Å². The Morgan fingerprint density at radius 3 is 2.60 bits per heavy atom. The van der Waals surface area contributed by atoms with E-state index in [0.29, 0.717) is 6.07 Å². The van der Waals surface area contributed by atoms with Crippen molar-refractivity contribution in [2.24, 2.45) is 0 Å². The van der Waals surface area contributed by atoms with Crippen LogP contribution >= 0.6 is 12.4 Å². The standard InChI is InChI=1S/C13H16F4N2.ClH/c1-19(11-4-5-18-7-11)8-9-2-3-10(14)6-12(9)13(15,16)17;/h2-3,6,11,18H,4-5,7-8H2,1H3;1H. The van der Waals surface area contributed by atoms with E-state index >= 15 is 0 Å². The highest BCUT2D eigenvalue weighted by Crippen LogP contribution is 2.33. The van der Waals surface area contributed by atoms with Gasteiger partial charge in [0.1, 0.15) is 5.82 Å². The summed E-state index contributed by atoms with van der Waals surface area (Å²) in [5, 5.41) is 3.17. The van der Waals surface area contributed by atoms with Crippen LogP contribution in [0.25, 0.3) is 0 Å². The predicted octanol–water partition coefficient (Wildman–Crippen LogP) is 3.06. The highest BCUT2D eigenvalue weighted by molar-refractivity contribution is 5.85. The lowest BCUT2D eigenvalue weighted by atomic mass is 10.1. The van der Waals surface area contributed by atoms with Crippen LogP contribution in [0.2, 0.25) is 0 Å². The van der Waals surface area contributed by atoms with Gasteiger partial charge < -0.3 is 5.32 Å². The Hall–Kier alpha value is -0.850. The summed E-state index contributed by atoms with van der Waals surface area (Å²) in [4.78, 5) is 1.88. The van der Waals surface area contributed by atoms with Gasteiger partial charge in [-0.15, -0.1) is 12.4 Å². The van der Waals surface area contributed by atoms with Crippen LogP contribution in [0.3, 0.4) is 0 Å². The lowest BCUT2D eigenvalue weighted by molar-refractivity contribution is -0.138. The zero-order valence-electron chi connectivity index (χ0n) is 11.0. The van der Waals surface area contributed by atoms with E-state index < -0.39 is 17.6 Å². The molecule has 1 aromatic rings. The first-order chi connectivity index (χ1) is 8.88. The minimum atomic E-state index is -4.52. The van der Waals surface area contributed by atoms with Gasteiger partial charge >= 0.3 is 6.18 Å². The van der Waals surface area contributed by atoms with E-state index in [0.717, 1.165) is 25.6 Å². The van der Waals surface area contributed by atoms with Gasteiger partial charge in [-0.2, -0.15) is 13.2 Å². The molecular formula is C13H17ClF4N2. The molecule has 1 fully saturated rings. The van der Waals surface area contributed by atoms with Crippen LogP contribution in [0.4, 0.5) is 17.6 Å². The molecule has 0 radical (unpaired) electrons. The first kappa shape index (κ1) is 17.2. The Morgan fingerprint density at radius 2 is 2.05 bits per heavy atom. The summed E-state index contributed by atoms with van der Waals surface area (Å²) in [6, 6.07) is 3.09. The Labute approximate surface area is 121 Å². The van der Waals surface area contributed by atoms with E-state index in [1.54, 1.807) is 7.05 Å². The number of hydrogen-bond acceptors (Lipinski definition) is 2. The maximum atomic E-state index is 13.0. The van der Waals surface area contributed by atoms with Crippen LogP contribution in [0.15, 0.2) is 18.2 Å². The van der Waals surface area contributed by atoms with E-state index in [2.05, 4.69) is 5.32 Å². The first-order valence-corrected chi connectivity index (χ1v) is 6.14. The maximum absolute atomic E-state index is 13.0. The Balaban J connectivity index is 0.00000200. The number of nitrogens with one attached hydrogen (secondary N) is 1. The van der Waals surface area contributed by atoms with Crippen LogP contribution in [0.1, 0.15) is 17.5 Å². The molecule has 20 heavy (non-hydrogen) atoms. The number of hydrogen-bond donors (Lipinski definition) is 1. The Bertz CT molecular complexity index is 444. The molecule has 0 aliphatic carbocycles. The van der Waals surface area contributed by atoms with Crippen molar-refractivity contribution in [3.63, 3.8) is 0 Å². The van der Waals surface area contributed by atoms with Crippen LogP contribution < -0.4 is 5.32 Å². The number of alkyl halides is 3. The van der Waals surface area contributed by atoms with Gasteiger partial charge in [0, 0.05) is 19.1 Å². The largest absolute Gasteiger partial charge is 0.416 e. The van der Waals surface area contributed by atoms with Gasteiger partial charge in [0.15, 0.2) is 0 Å². The van der Waals surface area contributed by atoms with Gasteiger partial charge in [-0.25, -0.2) is 4.39 Å². The van der Waals surface area contributed by atoms with Crippen LogP contribution in [-0.2, 0) is 12.7 Å².